The van der Waals surface area contributed by atoms with Crippen LogP contribution in [0.3, 0.4) is 0 Å². The summed E-state index contributed by atoms with van der Waals surface area (Å²) in [6.07, 6.45) is 0. The topological polar surface area (TPSA) is 74.8 Å². The van der Waals surface area contributed by atoms with E-state index in [2.05, 4.69) is 114 Å². The quantitative estimate of drug-likeness (QED) is 0.295. The Bertz CT molecular complexity index is 1340. The summed E-state index contributed by atoms with van der Waals surface area (Å²) in [6, 6.07) is 28.9. The summed E-state index contributed by atoms with van der Waals surface area (Å²) < 4.78 is 0.166. The van der Waals surface area contributed by atoms with E-state index >= 15 is 0 Å². The van der Waals surface area contributed by atoms with Crippen molar-refractivity contribution in [3.8, 4) is 0 Å². The molecular weight excluding hydrogens is 468 g/mol. The number of nitrogens with one attached hydrogen (secondary N) is 1. The van der Waals surface area contributed by atoms with Gasteiger partial charge >= 0.3 is 0 Å². The minimum absolute atomic E-state index is 0.0274. The van der Waals surface area contributed by atoms with Gasteiger partial charge in [0.1, 0.15) is 29.3 Å². The molecule has 3 aromatic carbocycles. The van der Waals surface area contributed by atoms with Gasteiger partial charge in [-0.1, -0.05) is 65.9 Å². The number of amides is 1. The summed E-state index contributed by atoms with van der Waals surface area (Å²) in [4.78, 5) is 16.3. The van der Waals surface area contributed by atoms with Crippen LogP contribution in [0.25, 0.3) is 0 Å². The minimum Gasteiger partial charge on any atom is -0.307 e. The SMILES string of the molecule is Cc1ccccc1C[N+](c1ccccc1)(c1ccccc1)C1C(=O)N2C(c3nn[nH]n3)C(C)(C)S[C@@H]12. The number of fused-ring (bicyclic) bond motifs is 1. The highest BCUT2D eigenvalue weighted by molar-refractivity contribution is 8.01. The van der Waals surface area contributed by atoms with E-state index in [9.17, 15) is 4.79 Å². The smallest absolute Gasteiger partial charge is 0.286 e. The zero-order chi connectivity index (χ0) is 24.9. The number of nitrogens with zero attached hydrogens (tertiary/aromatic N) is 5. The first-order valence-corrected chi connectivity index (χ1v) is 13.1. The average molecular weight is 498 g/mol. The molecule has 36 heavy (non-hydrogen) atoms. The predicted molar refractivity (Wildman–Crippen MR) is 142 cm³/mol. The molecule has 2 aliphatic heterocycles. The number of β-lactam (4-membered cyclic amide) rings is 1. The highest BCUT2D eigenvalue weighted by Crippen LogP contribution is 2.60. The summed E-state index contributed by atoms with van der Waals surface area (Å²) >= 11 is 1.83. The maximum absolute atomic E-state index is 14.3. The van der Waals surface area contributed by atoms with Crippen molar-refractivity contribution >= 4 is 29.0 Å². The minimum atomic E-state index is -0.296. The Morgan fingerprint density at radius 1 is 0.944 bits per heavy atom. The van der Waals surface area contributed by atoms with E-state index in [1.165, 1.54) is 11.1 Å². The van der Waals surface area contributed by atoms with Crippen molar-refractivity contribution < 1.29 is 4.79 Å². The number of tetrazole rings is 1. The molecule has 1 amide bonds. The van der Waals surface area contributed by atoms with Crippen LogP contribution in [0.5, 0.6) is 0 Å². The lowest BCUT2D eigenvalue weighted by Crippen LogP contribution is -2.74. The van der Waals surface area contributed by atoms with Gasteiger partial charge in [0.05, 0.1) is 0 Å². The van der Waals surface area contributed by atoms with Crippen molar-refractivity contribution in [1.29, 1.82) is 0 Å². The highest BCUT2D eigenvalue weighted by Gasteiger charge is 2.70. The molecule has 0 spiro atoms. The first kappa shape index (κ1) is 22.9. The zero-order valence-electron chi connectivity index (χ0n) is 20.6. The molecule has 1 N–H and O–H groups in total. The molecule has 2 unspecified atom stereocenters. The lowest BCUT2D eigenvalue weighted by molar-refractivity contribution is -0.154. The Balaban J connectivity index is 1.54. The van der Waals surface area contributed by atoms with Crippen molar-refractivity contribution in [2.45, 2.75) is 49.5 Å². The number of hydrogen-bond donors (Lipinski definition) is 1. The van der Waals surface area contributed by atoms with Gasteiger partial charge in [0.2, 0.25) is 6.04 Å². The normalized spacial score (nSPS) is 22.8. The number of aromatic amines is 1. The molecule has 182 valence electrons. The lowest BCUT2D eigenvalue weighted by atomic mass is 9.91. The number of aryl methyl sites for hydroxylation is 1. The second-order valence-corrected chi connectivity index (χ2v) is 11.9. The van der Waals surface area contributed by atoms with Crippen LogP contribution in [0.2, 0.25) is 0 Å². The van der Waals surface area contributed by atoms with E-state index in [-0.39, 0.29) is 28.1 Å². The molecular formula is C28H29N6OS+. The fraction of sp³-hybridized carbons (Fsp3) is 0.286. The summed E-state index contributed by atoms with van der Waals surface area (Å²) in [7, 11) is 0. The van der Waals surface area contributed by atoms with Gasteiger partial charge in [-0.3, -0.25) is 4.79 Å². The first-order valence-electron chi connectivity index (χ1n) is 12.2. The Labute approximate surface area is 215 Å². The third-order valence-corrected chi connectivity index (χ3v) is 9.17. The van der Waals surface area contributed by atoms with Crippen LogP contribution in [-0.2, 0) is 11.3 Å². The Morgan fingerprint density at radius 2 is 1.56 bits per heavy atom. The molecule has 3 atom stereocenters. The number of para-hydroxylation sites is 2. The summed E-state index contributed by atoms with van der Waals surface area (Å²) in [5, 5.41) is 14.9. The molecule has 8 heteroatoms. The van der Waals surface area contributed by atoms with Gasteiger partial charge in [-0.15, -0.1) is 22.0 Å². The van der Waals surface area contributed by atoms with E-state index in [1.54, 1.807) is 0 Å². The van der Waals surface area contributed by atoms with Gasteiger partial charge in [-0.2, -0.15) is 5.21 Å². The molecule has 0 bridgehead atoms. The van der Waals surface area contributed by atoms with E-state index in [0.717, 1.165) is 11.4 Å². The second kappa shape index (κ2) is 8.57. The number of aromatic nitrogens is 4. The van der Waals surface area contributed by atoms with Gasteiger partial charge < -0.3 is 4.90 Å². The number of carbonyl (C=O) groups is 1. The van der Waals surface area contributed by atoms with Crippen molar-refractivity contribution in [1.82, 2.24) is 30.0 Å². The third-order valence-electron chi connectivity index (χ3n) is 7.61. The molecule has 1 aromatic heterocycles. The largest absolute Gasteiger partial charge is 0.307 e. The number of carbonyl (C=O) groups excluding carboxylic acids is 1. The maximum atomic E-state index is 14.3. The summed E-state index contributed by atoms with van der Waals surface area (Å²) in [6.45, 7) is 7.16. The number of thioether (sulfide) groups is 1. The molecule has 0 radical (unpaired) electrons. The molecule has 2 saturated heterocycles. The molecule has 7 nitrogen and oxygen atoms in total. The Kier molecular flexibility index (Phi) is 5.46. The van der Waals surface area contributed by atoms with Crippen LogP contribution in [-0.4, -0.2) is 47.6 Å². The van der Waals surface area contributed by atoms with Gasteiger partial charge in [0.15, 0.2) is 5.82 Å². The van der Waals surface area contributed by atoms with Crippen LogP contribution >= 0.6 is 11.8 Å². The van der Waals surface area contributed by atoms with Crippen molar-refractivity contribution in [3.05, 3.63) is 102 Å². The van der Waals surface area contributed by atoms with E-state index in [0.29, 0.717) is 16.9 Å². The Morgan fingerprint density at radius 3 is 2.14 bits per heavy atom. The number of hydrogen-bond acceptors (Lipinski definition) is 5. The van der Waals surface area contributed by atoms with Crippen LogP contribution < -0.4 is 4.48 Å². The number of H-pyrrole nitrogens is 1. The van der Waals surface area contributed by atoms with Gasteiger partial charge in [-0.25, -0.2) is 4.48 Å². The van der Waals surface area contributed by atoms with Gasteiger partial charge in [-0.05, 0) is 50.6 Å². The van der Waals surface area contributed by atoms with Gasteiger partial charge in [0.25, 0.3) is 5.91 Å². The number of quaternary nitrogens is 1. The van der Waals surface area contributed by atoms with E-state index in [4.69, 9.17) is 0 Å². The predicted octanol–water partition coefficient (Wildman–Crippen LogP) is 5.15. The van der Waals surface area contributed by atoms with Crippen molar-refractivity contribution in [2.24, 2.45) is 0 Å². The highest BCUT2D eigenvalue weighted by atomic mass is 32.2. The molecule has 2 aliphatic rings. The fourth-order valence-electron chi connectivity index (χ4n) is 5.90. The standard InChI is InChI=1S/C28H29N6OS/c1-19-12-10-11-13-20(19)18-34(21-14-6-4-7-15-21,22-16-8-5-9-17-22)23-26(35)33-24(25-29-31-32-30-25)28(2,3)36-27(23)33/h4-17,23-24,27H,18H2,1-3H3,(H,29,30,31,32)/q+1/t23?,24?,27-/m0/s1. The first-order chi connectivity index (χ1) is 17.4. The maximum Gasteiger partial charge on any atom is 0.286 e. The second-order valence-electron chi connectivity index (χ2n) is 10.1. The fourth-order valence-corrected chi connectivity index (χ4v) is 7.66. The third kappa shape index (κ3) is 3.39. The van der Waals surface area contributed by atoms with Crippen molar-refractivity contribution in [3.63, 3.8) is 0 Å². The molecule has 4 aromatic rings. The number of benzene rings is 3. The average Bonchev–Trinajstić information content (AvgIpc) is 3.50. The van der Waals surface area contributed by atoms with Crippen LogP contribution in [0.1, 0.15) is 36.8 Å². The number of rotatable bonds is 6. The monoisotopic (exact) mass is 497 g/mol. The van der Waals surface area contributed by atoms with Crippen LogP contribution in [0.15, 0.2) is 84.9 Å². The summed E-state index contributed by atoms with van der Waals surface area (Å²) in [5.41, 5.74) is 4.66. The van der Waals surface area contributed by atoms with E-state index < -0.39 is 0 Å². The molecule has 0 aliphatic carbocycles. The van der Waals surface area contributed by atoms with Crippen LogP contribution in [0, 0.1) is 6.92 Å². The van der Waals surface area contributed by atoms with Crippen molar-refractivity contribution in [2.75, 3.05) is 0 Å². The molecule has 2 fully saturated rings. The Hall–Kier alpha value is -3.49. The molecule has 6 rings (SSSR count). The zero-order valence-corrected chi connectivity index (χ0v) is 21.4. The molecule has 0 saturated carbocycles. The lowest BCUT2D eigenvalue weighted by Gasteiger charge is -2.53. The molecule has 3 heterocycles. The summed E-state index contributed by atoms with van der Waals surface area (Å²) in [5.74, 6) is 0.687. The van der Waals surface area contributed by atoms with E-state index in [1.807, 2.05) is 28.8 Å². The van der Waals surface area contributed by atoms with Crippen LogP contribution in [0.4, 0.5) is 11.4 Å². The van der Waals surface area contributed by atoms with Gasteiger partial charge in [0, 0.05) is 10.3 Å².